The number of hydrogen-bond donors (Lipinski definition) is 1. The van der Waals surface area contributed by atoms with Gasteiger partial charge in [-0.05, 0) is 31.0 Å². The molecule has 2 fully saturated rings. The summed E-state index contributed by atoms with van der Waals surface area (Å²) in [4.78, 5) is 67.1. The van der Waals surface area contributed by atoms with Crippen LogP contribution in [0.15, 0.2) is 24.3 Å². The number of likely N-dealkylation sites (tertiary alicyclic amines) is 1. The minimum Gasteiger partial charge on any atom is -0.493 e. The van der Waals surface area contributed by atoms with Gasteiger partial charge in [0.25, 0.3) is 5.91 Å². The fourth-order valence-corrected chi connectivity index (χ4v) is 6.90. The number of nitrogens with zero attached hydrogens (tertiary/aromatic N) is 5. The van der Waals surface area contributed by atoms with Crippen molar-refractivity contribution in [2.75, 3.05) is 84.2 Å². The number of nitrogens with one attached hydrogen (secondary N) is 1. The average Bonchev–Trinajstić information content (AvgIpc) is 3.65. The van der Waals surface area contributed by atoms with Crippen molar-refractivity contribution >= 4 is 57.3 Å². The second-order valence-electron chi connectivity index (χ2n) is 12.2. The number of ether oxygens (including phenoxy) is 5. The molecule has 0 spiro atoms. The molecule has 274 valence electrons. The molecule has 2 saturated heterocycles. The second-order valence-corrected chi connectivity index (χ2v) is 13.4. The van der Waals surface area contributed by atoms with E-state index in [1.54, 1.807) is 41.0 Å². The third kappa shape index (κ3) is 8.00. The number of carbonyl (C=O) groups excluding carboxylic acids is 4. The number of amides is 3. The Hall–Kier alpha value is -4.99. The van der Waals surface area contributed by atoms with E-state index in [1.807, 2.05) is 4.90 Å². The van der Waals surface area contributed by atoms with Crippen LogP contribution in [0.4, 0.5) is 11.8 Å². The topological polar surface area (TPSA) is 162 Å². The molecule has 3 aromatic rings. The maximum atomic E-state index is 13.8. The van der Waals surface area contributed by atoms with E-state index >= 15 is 0 Å². The zero-order valence-electron chi connectivity index (χ0n) is 29.9. The Morgan fingerprint density at radius 1 is 0.843 bits per heavy atom. The minimum absolute atomic E-state index is 0.0598. The van der Waals surface area contributed by atoms with Crippen LogP contribution < -0.4 is 33.9 Å². The van der Waals surface area contributed by atoms with E-state index in [2.05, 4.69) is 5.32 Å². The minimum atomic E-state index is -0.694. The van der Waals surface area contributed by atoms with Gasteiger partial charge in [-0.1, -0.05) is 18.7 Å². The third-order valence-corrected chi connectivity index (χ3v) is 10.1. The number of thioether (sulfide) groups is 1. The summed E-state index contributed by atoms with van der Waals surface area (Å²) in [7, 11) is 7.55. The van der Waals surface area contributed by atoms with Gasteiger partial charge in [-0.3, -0.25) is 19.2 Å². The van der Waals surface area contributed by atoms with E-state index in [0.717, 1.165) is 11.8 Å². The number of fused-ring (bicyclic) bond motifs is 1. The number of carbonyl (C=O) groups is 4. The van der Waals surface area contributed by atoms with E-state index < -0.39 is 12.0 Å². The van der Waals surface area contributed by atoms with Crippen molar-refractivity contribution in [3.8, 4) is 28.7 Å². The highest BCUT2D eigenvalue weighted by molar-refractivity contribution is 8.13. The first-order chi connectivity index (χ1) is 24.5. The molecule has 0 bridgehead atoms. The molecule has 1 aromatic heterocycles. The quantitative estimate of drug-likeness (QED) is 0.289. The van der Waals surface area contributed by atoms with Gasteiger partial charge in [0.1, 0.15) is 11.9 Å². The first kappa shape index (κ1) is 37.3. The van der Waals surface area contributed by atoms with Crippen molar-refractivity contribution < 1.29 is 42.9 Å². The lowest BCUT2D eigenvalue weighted by molar-refractivity contribution is -0.139. The summed E-state index contributed by atoms with van der Waals surface area (Å²) in [6.07, 6.45) is 1.18. The first-order valence-electron chi connectivity index (χ1n) is 16.6. The number of aromatic nitrogens is 2. The number of hydrogen-bond acceptors (Lipinski definition) is 13. The molecular weight excluding hydrogens is 680 g/mol. The molecule has 2 atom stereocenters. The van der Waals surface area contributed by atoms with Gasteiger partial charge in [0.2, 0.25) is 23.5 Å². The van der Waals surface area contributed by atoms with E-state index in [4.69, 9.17) is 33.7 Å². The number of rotatable bonds is 12. The number of benzene rings is 2. The average molecular weight is 725 g/mol. The van der Waals surface area contributed by atoms with Crippen molar-refractivity contribution in [2.24, 2.45) is 5.92 Å². The number of piperazine rings is 1. The predicted octanol–water partition coefficient (Wildman–Crippen LogP) is 3.48. The van der Waals surface area contributed by atoms with Crippen molar-refractivity contribution in [1.82, 2.24) is 19.8 Å². The van der Waals surface area contributed by atoms with Crippen LogP contribution in [-0.2, 0) is 14.4 Å². The Kier molecular flexibility index (Phi) is 12.0. The molecule has 0 saturated carbocycles. The number of anilines is 2. The maximum Gasteiger partial charge on any atom is 0.254 e. The monoisotopic (exact) mass is 724 g/mol. The van der Waals surface area contributed by atoms with Gasteiger partial charge >= 0.3 is 0 Å². The van der Waals surface area contributed by atoms with Crippen LogP contribution in [0, 0.1) is 5.92 Å². The van der Waals surface area contributed by atoms with Crippen LogP contribution in [0.2, 0.25) is 0 Å². The summed E-state index contributed by atoms with van der Waals surface area (Å²) in [6, 6.07) is 5.99. The van der Waals surface area contributed by atoms with Gasteiger partial charge < -0.3 is 43.7 Å². The Bertz CT molecular complexity index is 1770. The summed E-state index contributed by atoms with van der Waals surface area (Å²) >= 11 is 1.10. The molecule has 51 heavy (non-hydrogen) atoms. The summed E-state index contributed by atoms with van der Waals surface area (Å²) in [5.74, 6) is 1.89. The van der Waals surface area contributed by atoms with Crippen LogP contribution in [0.1, 0.15) is 37.0 Å². The lowest BCUT2D eigenvalue weighted by atomic mass is 10.1. The molecule has 3 amide bonds. The second kappa shape index (κ2) is 16.4. The van der Waals surface area contributed by atoms with Crippen LogP contribution in [0.25, 0.3) is 10.9 Å². The van der Waals surface area contributed by atoms with Gasteiger partial charge in [-0.15, -0.1) is 0 Å². The lowest BCUT2D eigenvalue weighted by Crippen LogP contribution is -2.49. The van der Waals surface area contributed by atoms with Gasteiger partial charge in [0.15, 0.2) is 28.1 Å². The zero-order valence-corrected chi connectivity index (χ0v) is 30.8. The molecule has 2 aliphatic rings. The Morgan fingerprint density at radius 2 is 1.47 bits per heavy atom. The normalized spacial score (nSPS) is 16.5. The van der Waals surface area contributed by atoms with E-state index in [9.17, 15) is 19.2 Å². The molecule has 1 N–H and O–H groups in total. The summed E-state index contributed by atoms with van der Waals surface area (Å²) in [6.45, 7) is 5.29. The summed E-state index contributed by atoms with van der Waals surface area (Å²) in [5.41, 5.74) is 0.912. The molecule has 15 nitrogen and oxygen atoms in total. The Labute approximate surface area is 300 Å². The fourth-order valence-electron chi connectivity index (χ4n) is 6.28. The van der Waals surface area contributed by atoms with Gasteiger partial charge in [-0.25, -0.2) is 4.98 Å². The summed E-state index contributed by atoms with van der Waals surface area (Å²) in [5, 5.41) is 3.45. The van der Waals surface area contributed by atoms with Crippen LogP contribution in [0.3, 0.4) is 0 Å². The number of methoxy groups -OCH3 is 5. The molecular formula is C35H44N6O9S. The van der Waals surface area contributed by atoms with Crippen LogP contribution in [0.5, 0.6) is 28.7 Å². The maximum absolute atomic E-state index is 13.8. The van der Waals surface area contributed by atoms with Crippen molar-refractivity contribution in [1.29, 1.82) is 0 Å². The van der Waals surface area contributed by atoms with Crippen LogP contribution in [-0.4, -0.2) is 123 Å². The molecule has 0 aliphatic carbocycles. The predicted molar refractivity (Wildman–Crippen MR) is 193 cm³/mol. The fraction of sp³-hybridized carbons (Fsp3) is 0.486. The highest BCUT2D eigenvalue weighted by Gasteiger charge is 2.37. The van der Waals surface area contributed by atoms with Crippen molar-refractivity contribution in [3.63, 3.8) is 0 Å². The van der Waals surface area contributed by atoms with E-state index in [0.29, 0.717) is 102 Å². The summed E-state index contributed by atoms with van der Waals surface area (Å²) < 4.78 is 27.3. The largest absolute Gasteiger partial charge is 0.493 e. The molecule has 16 heteroatoms. The molecule has 2 unspecified atom stereocenters. The molecule has 0 radical (unpaired) electrons. The first-order valence-corrected chi connectivity index (χ1v) is 17.5. The lowest BCUT2D eigenvalue weighted by Gasteiger charge is -2.35. The molecule has 3 heterocycles. The Morgan fingerprint density at radius 3 is 2.06 bits per heavy atom. The molecule has 5 rings (SSSR count). The van der Waals surface area contributed by atoms with Crippen molar-refractivity contribution in [2.45, 2.75) is 32.7 Å². The highest BCUT2D eigenvalue weighted by atomic mass is 32.2. The van der Waals surface area contributed by atoms with E-state index in [-0.39, 0.29) is 28.7 Å². The SMILES string of the molecule is COc1cc2nc(N3CCN(C(=O)c4cc(OC)c(OC)c(OC)c4)CC3)nc(NC(=O)C3CCCN3C(=O)C(C)CSC(C)=O)c2cc1OC. The van der Waals surface area contributed by atoms with E-state index in [1.165, 1.54) is 42.5 Å². The molecule has 2 aromatic carbocycles. The van der Waals surface area contributed by atoms with Crippen molar-refractivity contribution in [3.05, 3.63) is 29.8 Å². The van der Waals surface area contributed by atoms with Gasteiger partial charge in [0, 0.05) is 68.3 Å². The van der Waals surface area contributed by atoms with Crippen LogP contribution >= 0.6 is 11.8 Å². The Balaban J connectivity index is 1.39. The van der Waals surface area contributed by atoms with Gasteiger partial charge in [0.05, 0.1) is 41.1 Å². The standard InChI is InChI=1S/C35H44N6O9S/c1-20(19-51-21(2)42)33(44)41-10-8-9-25(41)32(43)37-31-23-17-26(46-3)27(47-4)18-24(23)36-35(38-31)40-13-11-39(12-14-40)34(45)22-15-28(48-5)30(50-7)29(16-22)49-6/h15-18,20,25H,8-14,19H2,1-7H3,(H,36,37,38,43). The highest BCUT2D eigenvalue weighted by Crippen LogP contribution is 2.39. The zero-order chi connectivity index (χ0) is 36.8. The third-order valence-electron chi connectivity index (χ3n) is 8.99. The smallest absolute Gasteiger partial charge is 0.254 e. The molecule has 2 aliphatic heterocycles. The van der Waals surface area contributed by atoms with Gasteiger partial charge in [-0.2, -0.15) is 4.98 Å².